The molecule has 0 fully saturated rings. The first-order valence-corrected chi connectivity index (χ1v) is 11.8. The standard InChI is InChI=1S/C28H33FN4O3/c1-17(2)31-15-25(26(30)20-7-9-22(29)10-8-20)28(35)27(21-6-5-18(3)32-14-21)33-23-11-19(16-34)12-24(13-23)36-4/h5-11,13-15,17,24,27,33-34H,12,16,30H2,1-4H3. The average Bonchev–Trinajstić information content (AvgIpc) is 2.87. The van der Waals surface area contributed by atoms with Gasteiger partial charge in [-0.3, -0.25) is 14.8 Å². The molecule has 4 N–H and O–H groups in total. The normalized spacial score (nSPS) is 17.5. The third kappa shape index (κ3) is 6.96. The maximum atomic E-state index is 14.1. The van der Waals surface area contributed by atoms with Gasteiger partial charge in [0, 0.05) is 48.9 Å². The molecule has 36 heavy (non-hydrogen) atoms. The summed E-state index contributed by atoms with van der Waals surface area (Å²) in [5, 5.41) is 13.0. The van der Waals surface area contributed by atoms with Crippen molar-refractivity contribution >= 4 is 17.7 Å². The van der Waals surface area contributed by atoms with Gasteiger partial charge < -0.3 is 20.9 Å². The maximum absolute atomic E-state index is 14.1. The number of nitrogens with zero attached hydrogens (tertiary/aromatic N) is 2. The lowest BCUT2D eigenvalue weighted by atomic mass is 9.94. The molecule has 7 nitrogen and oxygen atoms in total. The smallest absolute Gasteiger partial charge is 0.193 e. The minimum absolute atomic E-state index is 0.0696. The van der Waals surface area contributed by atoms with Crippen LogP contribution in [0.4, 0.5) is 4.39 Å². The van der Waals surface area contributed by atoms with E-state index in [0.29, 0.717) is 23.2 Å². The number of aromatic nitrogens is 1. The van der Waals surface area contributed by atoms with E-state index < -0.39 is 11.9 Å². The van der Waals surface area contributed by atoms with Crippen LogP contribution in [0.15, 0.2) is 76.6 Å². The number of nitrogens with two attached hydrogens (primary N) is 1. The highest BCUT2D eigenvalue weighted by Gasteiger charge is 2.27. The topological polar surface area (TPSA) is 110 Å². The molecular formula is C28H33FN4O3. The van der Waals surface area contributed by atoms with Gasteiger partial charge in [0.25, 0.3) is 0 Å². The van der Waals surface area contributed by atoms with Crippen molar-refractivity contribution in [1.82, 2.24) is 10.3 Å². The Morgan fingerprint density at radius 3 is 2.61 bits per heavy atom. The predicted molar refractivity (Wildman–Crippen MR) is 140 cm³/mol. The predicted octanol–water partition coefficient (Wildman–Crippen LogP) is 3.80. The van der Waals surface area contributed by atoms with E-state index in [-0.39, 0.29) is 35.8 Å². The Kier molecular flexibility index (Phi) is 9.27. The number of aliphatic imine (C=N–C) groups is 1. The number of rotatable bonds is 10. The van der Waals surface area contributed by atoms with Crippen molar-refractivity contribution in [2.24, 2.45) is 10.7 Å². The van der Waals surface area contributed by atoms with Crippen LogP contribution in [0.5, 0.6) is 0 Å². The van der Waals surface area contributed by atoms with Crippen molar-refractivity contribution in [3.05, 3.63) is 94.2 Å². The Morgan fingerprint density at radius 1 is 1.31 bits per heavy atom. The maximum Gasteiger partial charge on any atom is 0.193 e. The fourth-order valence-electron chi connectivity index (χ4n) is 3.74. The summed E-state index contributed by atoms with van der Waals surface area (Å²) in [5.74, 6) is -0.727. The molecule has 2 aromatic rings. The Morgan fingerprint density at radius 2 is 2.03 bits per heavy atom. The molecule has 1 heterocycles. The number of hydrogen-bond donors (Lipinski definition) is 3. The molecule has 0 saturated heterocycles. The fraction of sp³-hybridized carbons (Fsp3) is 0.321. The van der Waals surface area contributed by atoms with Crippen LogP contribution < -0.4 is 11.1 Å². The van der Waals surface area contributed by atoms with E-state index in [9.17, 15) is 14.3 Å². The first kappa shape index (κ1) is 27.0. The SMILES string of the molecule is COC1C=C(NC(C(=O)C(C=NC(C)C)=C(N)c2ccc(F)cc2)c2ccc(C)nc2)C=C(CO)C1. The van der Waals surface area contributed by atoms with Gasteiger partial charge in [0.1, 0.15) is 11.9 Å². The van der Waals surface area contributed by atoms with Gasteiger partial charge in [-0.15, -0.1) is 0 Å². The van der Waals surface area contributed by atoms with Gasteiger partial charge in [-0.25, -0.2) is 4.39 Å². The summed E-state index contributed by atoms with van der Waals surface area (Å²) in [5.41, 5.74) is 10.2. The highest BCUT2D eigenvalue weighted by atomic mass is 19.1. The number of ether oxygens (including phenoxy) is 1. The fourth-order valence-corrected chi connectivity index (χ4v) is 3.74. The number of Topliss-reactive ketones (excluding diaryl/α,β-unsaturated/α-hetero) is 1. The lowest BCUT2D eigenvalue weighted by Crippen LogP contribution is -2.32. The number of pyridine rings is 1. The molecule has 190 valence electrons. The van der Waals surface area contributed by atoms with Crippen LogP contribution in [0.2, 0.25) is 0 Å². The number of aliphatic hydroxyl groups excluding tert-OH is 1. The van der Waals surface area contributed by atoms with Gasteiger partial charge in [0.15, 0.2) is 5.78 Å². The van der Waals surface area contributed by atoms with E-state index in [1.165, 1.54) is 30.5 Å². The van der Waals surface area contributed by atoms with E-state index in [2.05, 4.69) is 15.3 Å². The number of carbonyl (C=O) groups excluding carboxylic acids is 1. The summed E-state index contributed by atoms with van der Waals surface area (Å²) in [4.78, 5) is 22.9. The number of nitrogens with one attached hydrogen (secondary N) is 1. The van der Waals surface area contributed by atoms with Crippen LogP contribution in [-0.2, 0) is 9.53 Å². The molecule has 1 aromatic heterocycles. The molecule has 0 radical (unpaired) electrons. The molecule has 8 heteroatoms. The average molecular weight is 493 g/mol. The number of carbonyl (C=O) groups is 1. The second-order valence-electron chi connectivity index (χ2n) is 8.94. The summed E-state index contributed by atoms with van der Waals surface area (Å²) in [6.45, 7) is 5.54. The quantitative estimate of drug-likeness (QED) is 0.344. The molecule has 0 bridgehead atoms. The molecule has 1 aliphatic rings. The summed E-state index contributed by atoms with van der Waals surface area (Å²) in [6.07, 6.45) is 7.12. The zero-order valence-electron chi connectivity index (χ0n) is 21.0. The molecule has 0 amide bonds. The van der Waals surface area contributed by atoms with Crippen molar-refractivity contribution in [3.8, 4) is 0 Å². The van der Waals surface area contributed by atoms with Crippen LogP contribution in [-0.4, -0.2) is 48.0 Å². The van der Waals surface area contributed by atoms with Crippen molar-refractivity contribution in [1.29, 1.82) is 0 Å². The first-order chi connectivity index (χ1) is 17.2. The highest BCUT2D eigenvalue weighted by molar-refractivity contribution is 6.21. The van der Waals surface area contributed by atoms with Gasteiger partial charge in [-0.2, -0.15) is 0 Å². The first-order valence-electron chi connectivity index (χ1n) is 11.8. The van der Waals surface area contributed by atoms with Gasteiger partial charge in [-0.1, -0.05) is 6.07 Å². The second kappa shape index (κ2) is 12.4. The number of methoxy groups -OCH3 is 1. The number of aryl methyl sites for hydroxylation is 1. The number of hydrogen-bond acceptors (Lipinski definition) is 7. The molecule has 0 spiro atoms. The van der Waals surface area contributed by atoms with E-state index in [1.807, 2.05) is 45.1 Å². The minimum atomic E-state index is -0.858. The molecule has 2 atom stereocenters. The molecule has 2 unspecified atom stereocenters. The second-order valence-corrected chi connectivity index (χ2v) is 8.94. The van der Waals surface area contributed by atoms with Gasteiger partial charge in [0.2, 0.25) is 0 Å². The third-order valence-corrected chi connectivity index (χ3v) is 5.75. The van der Waals surface area contributed by atoms with Crippen LogP contribution in [0, 0.1) is 12.7 Å². The van der Waals surface area contributed by atoms with Crippen molar-refractivity contribution < 1.29 is 19.0 Å². The van der Waals surface area contributed by atoms with Crippen molar-refractivity contribution in [2.75, 3.05) is 13.7 Å². The Labute approximate surface area is 211 Å². The molecule has 3 rings (SSSR count). The zero-order chi connectivity index (χ0) is 26.2. The number of benzene rings is 1. The summed E-state index contributed by atoms with van der Waals surface area (Å²) in [7, 11) is 1.60. The van der Waals surface area contributed by atoms with Crippen molar-refractivity contribution in [3.63, 3.8) is 0 Å². The van der Waals surface area contributed by atoms with Gasteiger partial charge >= 0.3 is 0 Å². The summed E-state index contributed by atoms with van der Waals surface area (Å²) >= 11 is 0. The van der Waals surface area contributed by atoms with Gasteiger partial charge in [-0.05, 0) is 74.4 Å². The van der Waals surface area contributed by atoms with Crippen LogP contribution >= 0.6 is 0 Å². The number of aliphatic hydroxyl groups is 1. The van der Waals surface area contributed by atoms with E-state index in [0.717, 1.165) is 11.3 Å². The molecule has 0 saturated carbocycles. The lowest BCUT2D eigenvalue weighted by molar-refractivity contribution is -0.116. The van der Waals surface area contributed by atoms with Gasteiger partial charge in [0.05, 0.1) is 24.0 Å². The Hall–Kier alpha value is -3.62. The van der Waals surface area contributed by atoms with Crippen LogP contribution in [0.1, 0.15) is 43.1 Å². The van der Waals surface area contributed by atoms with E-state index in [4.69, 9.17) is 10.5 Å². The largest absolute Gasteiger partial charge is 0.398 e. The zero-order valence-corrected chi connectivity index (χ0v) is 21.0. The summed E-state index contributed by atoms with van der Waals surface area (Å²) < 4.78 is 19.0. The minimum Gasteiger partial charge on any atom is -0.398 e. The molecule has 0 aliphatic heterocycles. The highest BCUT2D eigenvalue weighted by Crippen LogP contribution is 2.26. The monoisotopic (exact) mass is 492 g/mol. The molecule has 1 aromatic carbocycles. The van der Waals surface area contributed by atoms with Crippen LogP contribution in [0.3, 0.4) is 0 Å². The molecular weight excluding hydrogens is 459 g/mol. The van der Waals surface area contributed by atoms with E-state index >= 15 is 0 Å². The Balaban J connectivity index is 2.11. The third-order valence-electron chi connectivity index (χ3n) is 5.75. The molecule has 1 aliphatic carbocycles. The van der Waals surface area contributed by atoms with Crippen molar-refractivity contribution in [2.45, 2.75) is 45.4 Å². The summed E-state index contributed by atoms with van der Waals surface area (Å²) in [6, 6.07) is 8.37. The Bertz CT molecular complexity index is 1180. The number of ketones is 1. The number of halogens is 1. The van der Waals surface area contributed by atoms with E-state index in [1.54, 1.807) is 13.3 Å². The number of allylic oxidation sites excluding steroid dienone is 1. The lowest BCUT2D eigenvalue weighted by Gasteiger charge is -2.25. The van der Waals surface area contributed by atoms with Crippen LogP contribution in [0.25, 0.3) is 5.70 Å².